The summed E-state index contributed by atoms with van der Waals surface area (Å²) in [4.78, 5) is 0. The molecule has 0 saturated carbocycles. The smallest absolute Gasteiger partial charge is 0.420 e. The Labute approximate surface area is 140 Å². The van der Waals surface area contributed by atoms with Crippen molar-refractivity contribution in [3.05, 3.63) is 56.8 Å². The maximum absolute atomic E-state index is 14.3. The van der Waals surface area contributed by atoms with Crippen molar-refractivity contribution >= 4 is 15.9 Å². The number of fused-ring (bicyclic) bond motifs is 1. The summed E-state index contributed by atoms with van der Waals surface area (Å²) in [7, 11) is 0. The highest BCUT2D eigenvalue weighted by atomic mass is 79.9. The van der Waals surface area contributed by atoms with Crippen molar-refractivity contribution in [3.8, 4) is 11.9 Å². The van der Waals surface area contributed by atoms with E-state index in [1.165, 1.54) is 12.1 Å². The molecule has 1 aliphatic rings. The van der Waals surface area contributed by atoms with Crippen LogP contribution in [0.15, 0.2) is 34.1 Å². The minimum atomic E-state index is -4.79. The molecule has 0 unspecified atom stereocenters. The highest BCUT2D eigenvalue weighted by Crippen LogP contribution is 2.47. The molecular weight excluding hydrogens is 396 g/mol. The van der Waals surface area contributed by atoms with E-state index < -0.39 is 40.9 Å². The molecule has 2 heterocycles. The highest BCUT2D eigenvalue weighted by molar-refractivity contribution is 9.10. The van der Waals surface area contributed by atoms with Gasteiger partial charge in [0.25, 0.3) is 0 Å². The van der Waals surface area contributed by atoms with E-state index in [0.717, 1.165) is 6.07 Å². The average molecular weight is 403 g/mol. The van der Waals surface area contributed by atoms with Crippen molar-refractivity contribution in [1.29, 1.82) is 5.26 Å². The largest absolute Gasteiger partial charge is 0.433 e. The Bertz CT molecular complexity index is 897. The molecule has 0 saturated heterocycles. The summed E-state index contributed by atoms with van der Waals surface area (Å²) in [6, 6.07) is 5.45. The number of halogens is 5. The van der Waals surface area contributed by atoms with Crippen LogP contribution >= 0.6 is 15.9 Å². The summed E-state index contributed by atoms with van der Waals surface area (Å²) in [5.41, 5.74) is 3.42. The SMILES string of the molecule is N#CC1=C(N)Oc2n[nH]c(C(F)(F)F)c2[C@@H]1c1cc(Br)ccc1F. The van der Waals surface area contributed by atoms with Gasteiger partial charge in [-0.25, -0.2) is 4.39 Å². The molecule has 0 aliphatic carbocycles. The van der Waals surface area contributed by atoms with Crippen molar-refractivity contribution in [1.82, 2.24) is 10.2 Å². The summed E-state index contributed by atoms with van der Waals surface area (Å²) < 4.78 is 59.4. The van der Waals surface area contributed by atoms with Crippen LogP contribution in [0.4, 0.5) is 17.6 Å². The number of aromatic amines is 1. The third-order valence-electron chi connectivity index (χ3n) is 3.49. The standard InChI is InChI=1S/C14H7BrF4N4O/c15-5-1-2-8(16)6(3-5)9-7(4-20)12(21)24-13-10(9)11(22-23-13)14(17,18)19/h1-3,9H,21H2,(H,22,23)/t9-/m1/s1. The maximum atomic E-state index is 14.3. The van der Waals surface area contributed by atoms with Gasteiger partial charge >= 0.3 is 6.18 Å². The van der Waals surface area contributed by atoms with Crippen molar-refractivity contribution in [3.63, 3.8) is 0 Å². The van der Waals surface area contributed by atoms with Crippen LogP contribution in [-0.4, -0.2) is 10.2 Å². The Balaban J connectivity index is 2.33. The lowest BCUT2D eigenvalue weighted by atomic mass is 9.83. The van der Waals surface area contributed by atoms with Gasteiger partial charge in [0.05, 0.1) is 11.5 Å². The molecule has 0 fully saturated rings. The van der Waals surface area contributed by atoms with Gasteiger partial charge < -0.3 is 10.5 Å². The molecule has 2 aromatic rings. The molecule has 3 N–H and O–H groups in total. The first-order chi connectivity index (χ1) is 11.2. The molecule has 1 aliphatic heterocycles. The molecule has 10 heteroatoms. The van der Waals surface area contributed by atoms with Gasteiger partial charge in [0.2, 0.25) is 11.8 Å². The number of nitrogens with two attached hydrogens (primary N) is 1. The van der Waals surface area contributed by atoms with E-state index in [1.807, 2.05) is 5.10 Å². The number of ether oxygens (including phenoxy) is 1. The van der Waals surface area contributed by atoms with Crippen LogP contribution in [0.1, 0.15) is 22.7 Å². The van der Waals surface area contributed by atoms with Gasteiger partial charge in [0.1, 0.15) is 23.2 Å². The van der Waals surface area contributed by atoms with Crippen LogP contribution in [0.25, 0.3) is 0 Å². The van der Waals surface area contributed by atoms with Crippen LogP contribution in [0.5, 0.6) is 5.88 Å². The Kier molecular flexibility index (Phi) is 3.76. The highest BCUT2D eigenvalue weighted by Gasteiger charge is 2.45. The lowest BCUT2D eigenvalue weighted by Gasteiger charge is -2.24. The van der Waals surface area contributed by atoms with Gasteiger partial charge in [-0.2, -0.15) is 18.4 Å². The summed E-state index contributed by atoms with van der Waals surface area (Å²) in [5.74, 6) is -3.05. The van der Waals surface area contributed by atoms with E-state index in [-0.39, 0.29) is 11.1 Å². The molecule has 124 valence electrons. The first-order valence-electron chi connectivity index (χ1n) is 6.42. The van der Waals surface area contributed by atoms with E-state index in [0.29, 0.717) is 4.47 Å². The van der Waals surface area contributed by atoms with Gasteiger partial charge in [0, 0.05) is 10.0 Å². The summed E-state index contributed by atoms with van der Waals surface area (Å²) in [6.07, 6.45) is -4.79. The van der Waals surface area contributed by atoms with Crippen LogP contribution in [0.3, 0.4) is 0 Å². The number of benzene rings is 1. The number of nitriles is 1. The van der Waals surface area contributed by atoms with E-state index in [4.69, 9.17) is 10.5 Å². The second kappa shape index (κ2) is 5.52. The second-order valence-corrected chi connectivity index (χ2v) is 5.82. The van der Waals surface area contributed by atoms with Crippen LogP contribution in [0.2, 0.25) is 0 Å². The molecule has 0 bridgehead atoms. The predicted octanol–water partition coefficient (Wildman–Crippen LogP) is 3.55. The molecule has 5 nitrogen and oxygen atoms in total. The molecular formula is C14H7BrF4N4O. The van der Waals surface area contributed by atoms with Crippen LogP contribution < -0.4 is 10.5 Å². The quantitative estimate of drug-likeness (QED) is 0.714. The maximum Gasteiger partial charge on any atom is 0.433 e. The third-order valence-corrected chi connectivity index (χ3v) is 3.98. The van der Waals surface area contributed by atoms with Gasteiger partial charge in [0.15, 0.2) is 0 Å². The lowest BCUT2D eigenvalue weighted by Crippen LogP contribution is -2.23. The van der Waals surface area contributed by atoms with Crippen LogP contribution in [-0.2, 0) is 6.18 Å². The van der Waals surface area contributed by atoms with E-state index in [1.54, 1.807) is 6.07 Å². The number of nitrogens with zero attached hydrogens (tertiary/aromatic N) is 2. The predicted molar refractivity (Wildman–Crippen MR) is 77.0 cm³/mol. The third kappa shape index (κ3) is 2.50. The molecule has 0 radical (unpaired) electrons. The monoisotopic (exact) mass is 402 g/mol. The number of aromatic nitrogens is 2. The zero-order valence-electron chi connectivity index (χ0n) is 11.6. The van der Waals surface area contributed by atoms with Gasteiger partial charge in [-0.15, -0.1) is 5.10 Å². The molecule has 0 spiro atoms. The first-order valence-corrected chi connectivity index (χ1v) is 7.21. The summed E-state index contributed by atoms with van der Waals surface area (Å²) in [5, 5.41) is 14.6. The van der Waals surface area contributed by atoms with Crippen molar-refractivity contribution in [2.75, 3.05) is 0 Å². The molecule has 0 amide bonds. The van der Waals surface area contributed by atoms with Crippen molar-refractivity contribution < 1.29 is 22.3 Å². The molecule has 24 heavy (non-hydrogen) atoms. The zero-order valence-corrected chi connectivity index (χ0v) is 13.2. The fourth-order valence-electron chi connectivity index (χ4n) is 2.51. The fraction of sp³-hybridized carbons (Fsp3) is 0.143. The number of H-pyrrole nitrogens is 1. The number of allylic oxidation sites excluding steroid dienone is 1. The normalized spacial score (nSPS) is 17.2. The molecule has 3 rings (SSSR count). The molecule has 1 atom stereocenters. The van der Waals surface area contributed by atoms with E-state index >= 15 is 0 Å². The average Bonchev–Trinajstić information content (AvgIpc) is 2.91. The number of hydrogen-bond donors (Lipinski definition) is 2. The van der Waals surface area contributed by atoms with E-state index in [2.05, 4.69) is 21.0 Å². The molecule has 1 aromatic carbocycles. The number of rotatable bonds is 1. The van der Waals surface area contributed by atoms with E-state index in [9.17, 15) is 22.8 Å². The Morgan fingerprint density at radius 3 is 2.71 bits per heavy atom. The summed E-state index contributed by atoms with van der Waals surface area (Å²) in [6.45, 7) is 0. The van der Waals surface area contributed by atoms with Gasteiger partial charge in [-0.1, -0.05) is 15.9 Å². The van der Waals surface area contributed by atoms with Gasteiger partial charge in [-0.05, 0) is 18.2 Å². The number of nitrogens with one attached hydrogen (secondary N) is 1. The molecule has 1 aromatic heterocycles. The lowest BCUT2D eigenvalue weighted by molar-refractivity contribution is -0.141. The Morgan fingerprint density at radius 1 is 1.38 bits per heavy atom. The Morgan fingerprint density at radius 2 is 2.08 bits per heavy atom. The number of hydrogen-bond acceptors (Lipinski definition) is 4. The fourth-order valence-corrected chi connectivity index (χ4v) is 2.89. The minimum Gasteiger partial charge on any atom is -0.420 e. The summed E-state index contributed by atoms with van der Waals surface area (Å²) >= 11 is 3.13. The number of alkyl halides is 3. The Hall–Kier alpha value is -2.54. The topological polar surface area (TPSA) is 87.7 Å². The van der Waals surface area contributed by atoms with Gasteiger partial charge in [-0.3, -0.25) is 5.10 Å². The first kappa shape index (κ1) is 16.3. The van der Waals surface area contributed by atoms with Crippen molar-refractivity contribution in [2.45, 2.75) is 12.1 Å². The second-order valence-electron chi connectivity index (χ2n) is 4.91. The van der Waals surface area contributed by atoms with Crippen molar-refractivity contribution in [2.24, 2.45) is 5.73 Å². The zero-order chi connectivity index (χ0) is 17.6. The minimum absolute atomic E-state index is 0.152. The van der Waals surface area contributed by atoms with Crippen LogP contribution in [0, 0.1) is 17.1 Å².